The molecule has 0 radical (unpaired) electrons. The fourth-order valence-electron chi connectivity index (χ4n) is 6.83. The van der Waals surface area contributed by atoms with Crippen LogP contribution in [0, 0.1) is 5.41 Å². The van der Waals surface area contributed by atoms with Crippen molar-refractivity contribution in [3.05, 3.63) is 89.0 Å². The van der Waals surface area contributed by atoms with Crippen molar-refractivity contribution in [1.82, 2.24) is 0 Å². The molecule has 3 atom stereocenters. The van der Waals surface area contributed by atoms with E-state index in [0.717, 1.165) is 11.3 Å². The summed E-state index contributed by atoms with van der Waals surface area (Å²) in [4.78, 5) is 45.2. The van der Waals surface area contributed by atoms with Gasteiger partial charge in [0.2, 0.25) is 5.75 Å². The lowest BCUT2D eigenvalue weighted by Gasteiger charge is -2.36. The number of anilines is 1. The number of nitrogens with zero attached hydrogens (tertiary/aromatic N) is 1. The quantitative estimate of drug-likeness (QED) is 0.329. The molecule has 1 spiro atoms. The van der Waals surface area contributed by atoms with Gasteiger partial charge < -0.3 is 23.8 Å². The summed E-state index contributed by atoms with van der Waals surface area (Å²) in [5.74, 6) is -1.17. The number of carbonyl (C=O) groups excluding carboxylic acids is 3. The number of methoxy groups -OCH3 is 3. The van der Waals surface area contributed by atoms with E-state index in [1.807, 2.05) is 41.3 Å². The Balaban J connectivity index is 1.72. The van der Waals surface area contributed by atoms with Gasteiger partial charge in [-0.1, -0.05) is 60.7 Å². The second kappa shape index (κ2) is 9.55. The molecule has 0 N–H and O–H groups in total. The molecular weight excluding hydrogens is 510 g/mol. The third-order valence-corrected chi connectivity index (χ3v) is 8.31. The number of rotatable bonds is 6. The van der Waals surface area contributed by atoms with Gasteiger partial charge in [-0.25, -0.2) is 4.79 Å². The number of benzene rings is 3. The van der Waals surface area contributed by atoms with E-state index in [0.29, 0.717) is 28.2 Å². The van der Waals surface area contributed by atoms with E-state index in [9.17, 15) is 14.4 Å². The zero-order valence-corrected chi connectivity index (χ0v) is 22.7. The van der Waals surface area contributed by atoms with Gasteiger partial charge in [0.25, 0.3) is 0 Å². The highest BCUT2D eigenvalue weighted by atomic mass is 16.5. The summed E-state index contributed by atoms with van der Waals surface area (Å²) < 4.78 is 22.7. The number of Topliss-reactive ketones (excluding diaryl/α,β-unsaturated/α-hetero) is 2. The number of hydrogen-bond acceptors (Lipinski definition) is 8. The molecule has 1 fully saturated rings. The Hall–Kier alpha value is -4.59. The van der Waals surface area contributed by atoms with Crippen LogP contribution in [0.3, 0.4) is 0 Å². The van der Waals surface area contributed by atoms with Gasteiger partial charge in [0, 0.05) is 28.3 Å². The summed E-state index contributed by atoms with van der Waals surface area (Å²) in [6, 6.07) is 16.1. The highest BCUT2D eigenvalue weighted by Crippen LogP contribution is 2.62. The maximum atomic E-state index is 14.7. The number of esters is 1. The number of fused-ring (bicyclic) bond motifs is 5. The smallest absolute Gasteiger partial charge is 0.329 e. The van der Waals surface area contributed by atoms with Crippen molar-refractivity contribution >= 4 is 29.3 Å². The molecule has 8 nitrogen and oxygen atoms in total. The van der Waals surface area contributed by atoms with E-state index in [1.54, 1.807) is 43.3 Å². The zero-order chi connectivity index (χ0) is 28.2. The molecule has 8 heteroatoms. The highest BCUT2D eigenvalue weighted by Gasteiger charge is 2.72. The van der Waals surface area contributed by atoms with Crippen molar-refractivity contribution in [2.24, 2.45) is 5.41 Å². The molecule has 204 valence electrons. The Morgan fingerprint density at radius 3 is 2.12 bits per heavy atom. The summed E-state index contributed by atoms with van der Waals surface area (Å²) in [6.07, 6.45) is 3.78. The van der Waals surface area contributed by atoms with Gasteiger partial charge in [-0.05, 0) is 24.6 Å². The maximum Gasteiger partial charge on any atom is 0.329 e. The Labute approximate surface area is 232 Å². The minimum Gasteiger partial charge on any atom is -0.493 e. The van der Waals surface area contributed by atoms with Crippen molar-refractivity contribution in [3.63, 3.8) is 0 Å². The molecule has 0 bridgehead atoms. The average Bonchev–Trinajstić information content (AvgIpc) is 3.42. The number of carbonyl (C=O) groups is 3. The molecular formula is C32H29NO7. The molecule has 3 aromatic rings. The number of ether oxygens (including phenoxy) is 4. The summed E-state index contributed by atoms with van der Waals surface area (Å²) in [5, 5.41) is 0. The van der Waals surface area contributed by atoms with Crippen LogP contribution in [0.2, 0.25) is 0 Å². The topological polar surface area (TPSA) is 91.4 Å². The predicted molar refractivity (Wildman–Crippen MR) is 149 cm³/mol. The molecule has 0 saturated carbocycles. The first-order chi connectivity index (χ1) is 19.4. The second-order valence-electron chi connectivity index (χ2n) is 9.94. The number of hydrogen-bond donors (Lipinski definition) is 0. The largest absolute Gasteiger partial charge is 0.493 e. The first-order valence-electron chi connectivity index (χ1n) is 13.1. The first-order valence-corrected chi connectivity index (χ1v) is 13.1. The molecule has 0 aromatic heterocycles. The standard InChI is InChI=1S/C32H29NO7/c1-5-40-31(36)26-25(21-15-16-23(37-2)28(39-4)27(21)38-3)32(29(34)19-11-7-8-12-20(19)30(32)35)24-17-14-18-10-6-9-13-22(18)33(24)26/h6-17,24-26H,5H2,1-4H3/t24-,25-,26+/m0/s1. The Morgan fingerprint density at radius 1 is 0.850 bits per heavy atom. The highest BCUT2D eigenvalue weighted by molar-refractivity contribution is 6.32. The fourth-order valence-corrected chi connectivity index (χ4v) is 6.83. The van der Waals surface area contributed by atoms with Gasteiger partial charge in [-0.3, -0.25) is 9.59 Å². The molecule has 2 aliphatic heterocycles. The molecule has 3 aliphatic rings. The summed E-state index contributed by atoms with van der Waals surface area (Å²) in [7, 11) is 4.48. The monoisotopic (exact) mass is 539 g/mol. The van der Waals surface area contributed by atoms with E-state index in [-0.39, 0.29) is 23.9 Å². The van der Waals surface area contributed by atoms with E-state index >= 15 is 0 Å². The maximum absolute atomic E-state index is 14.7. The van der Waals surface area contributed by atoms with Crippen LogP contribution in [0.5, 0.6) is 17.2 Å². The van der Waals surface area contributed by atoms with Gasteiger partial charge in [0.15, 0.2) is 23.1 Å². The van der Waals surface area contributed by atoms with E-state index in [1.165, 1.54) is 21.3 Å². The third-order valence-electron chi connectivity index (χ3n) is 8.31. The molecule has 1 aliphatic carbocycles. The average molecular weight is 540 g/mol. The SMILES string of the molecule is CCOC(=O)[C@H]1[C@H](c2ccc(OC)c(OC)c2OC)C2(C(=O)c3ccccc3C2=O)[C@@H]2C=Cc3ccccc3N21. The van der Waals surface area contributed by atoms with E-state index in [2.05, 4.69) is 0 Å². The lowest BCUT2D eigenvalue weighted by atomic mass is 9.64. The van der Waals surface area contributed by atoms with Gasteiger partial charge in [-0.2, -0.15) is 0 Å². The van der Waals surface area contributed by atoms with Crippen LogP contribution < -0.4 is 19.1 Å². The zero-order valence-electron chi connectivity index (χ0n) is 22.7. The predicted octanol–water partition coefficient (Wildman–Crippen LogP) is 4.71. The molecule has 6 rings (SSSR count). The van der Waals surface area contributed by atoms with Crippen LogP contribution in [0.25, 0.3) is 6.08 Å². The minimum absolute atomic E-state index is 0.135. The normalized spacial score (nSPS) is 21.6. The molecule has 0 unspecified atom stereocenters. The van der Waals surface area contributed by atoms with Crippen molar-refractivity contribution < 1.29 is 33.3 Å². The molecule has 1 saturated heterocycles. The van der Waals surface area contributed by atoms with Crippen LogP contribution in [0.1, 0.15) is 44.7 Å². The van der Waals surface area contributed by atoms with Crippen LogP contribution in [0.15, 0.2) is 66.7 Å². The van der Waals surface area contributed by atoms with Crippen molar-refractivity contribution in [1.29, 1.82) is 0 Å². The van der Waals surface area contributed by atoms with E-state index < -0.39 is 29.4 Å². The van der Waals surface area contributed by atoms with Crippen LogP contribution in [0.4, 0.5) is 5.69 Å². The van der Waals surface area contributed by atoms with Crippen LogP contribution >= 0.6 is 0 Å². The lowest BCUT2D eigenvalue weighted by Crippen LogP contribution is -2.48. The molecule has 40 heavy (non-hydrogen) atoms. The first kappa shape index (κ1) is 25.7. The van der Waals surface area contributed by atoms with Gasteiger partial charge in [0.1, 0.15) is 11.5 Å². The van der Waals surface area contributed by atoms with Crippen molar-refractivity contribution in [2.75, 3.05) is 32.8 Å². The minimum atomic E-state index is -1.67. The summed E-state index contributed by atoms with van der Waals surface area (Å²) in [5.41, 5.74) is 1.11. The summed E-state index contributed by atoms with van der Waals surface area (Å²) >= 11 is 0. The van der Waals surface area contributed by atoms with Gasteiger partial charge in [-0.15, -0.1) is 0 Å². The van der Waals surface area contributed by atoms with Crippen LogP contribution in [-0.2, 0) is 9.53 Å². The second-order valence-corrected chi connectivity index (χ2v) is 9.94. The Morgan fingerprint density at radius 2 is 1.50 bits per heavy atom. The Bertz CT molecular complexity index is 1540. The van der Waals surface area contributed by atoms with Crippen molar-refractivity contribution in [3.8, 4) is 17.2 Å². The molecule has 0 amide bonds. The third kappa shape index (κ3) is 3.22. The van der Waals surface area contributed by atoms with Crippen LogP contribution in [-0.4, -0.2) is 57.6 Å². The van der Waals surface area contributed by atoms with Crippen molar-refractivity contribution in [2.45, 2.75) is 24.9 Å². The summed E-state index contributed by atoms with van der Waals surface area (Å²) in [6.45, 7) is 1.87. The fraction of sp³-hybridized carbons (Fsp3) is 0.281. The number of para-hydroxylation sites is 1. The molecule has 3 aromatic carbocycles. The van der Waals surface area contributed by atoms with E-state index in [4.69, 9.17) is 18.9 Å². The molecule has 2 heterocycles. The Kier molecular flexibility index (Phi) is 6.13. The van der Waals surface area contributed by atoms with Gasteiger partial charge in [0.05, 0.1) is 34.0 Å². The lowest BCUT2D eigenvalue weighted by molar-refractivity contribution is -0.145. The van der Waals surface area contributed by atoms with Gasteiger partial charge >= 0.3 is 5.97 Å². The number of ketones is 2.